The lowest BCUT2D eigenvalue weighted by Crippen LogP contribution is -2.42. The van der Waals surface area contributed by atoms with Gasteiger partial charge >= 0.3 is 0 Å². The van der Waals surface area contributed by atoms with Gasteiger partial charge in [0.1, 0.15) is 17.9 Å². The maximum absolute atomic E-state index is 14.0. The number of nitrogens with zero attached hydrogens (tertiary/aromatic N) is 2. The van der Waals surface area contributed by atoms with Gasteiger partial charge in [-0.2, -0.15) is 4.99 Å². The number of hydrogen-bond donors (Lipinski definition) is 1. The predicted molar refractivity (Wildman–Crippen MR) is 206 cm³/mol. The quantitative estimate of drug-likeness (QED) is 0.0678. The van der Waals surface area contributed by atoms with Crippen LogP contribution in [-0.2, 0) is 21.0 Å². The van der Waals surface area contributed by atoms with E-state index in [1.54, 1.807) is 37.3 Å². The highest BCUT2D eigenvalue weighted by Crippen LogP contribution is 2.29. The van der Waals surface area contributed by atoms with E-state index in [1.807, 2.05) is 103 Å². The monoisotopic (exact) mass is 779 g/mol. The van der Waals surface area contributed by atoms with Crippen LogP contribution in [0.25, 0.3) is 6.08 Å². The SMILES string of the molecule is C=C/C=C\C(=C/C)N1C(=O)/C(=C/c2ccc(OCc3ccccc3)c(I)c2)C(=O)N=C1SCC(=O)NC(c1ccccc1)c1ccccc1. The highest BCUT2D eigenvalue weighted by atomic mass is 127. The number of carbonyl (C=O) groups is 3. The van der Waals surface area contributed by atoms with Gasteiger partial charge in [-0.1, -0.05) is 134 Å². The Morgan fingerprint density at radius 2 is 1.59 bits per heavy atom. The predicted octanol–water partition coefficient (Wildman–Crippen LogP) is 8.26. The Labute approximate surface area is 304 Å². The molecule has 9 heteroatoms. The molecule has 7 nitrogen and oxygen atoms in total. The average molecular weight is 780 g/mol. The van der Waals surface area contributed by atoms with E-state index in [0.29, 0.717) is 23.6 Å². The Morgan fingerprint density at radius 1 is 0.959 bits per heavy atom. The molecule has 0 saturated heterocycles. The minimum Gasteiger partial charge on any atom is -0.488 e. The van der Waals surface area contributed by atoms with Crippen molar-refractivity contribution in [3.63, 3.8) is 0 Å². The molecule has 0 spiro atoms. The van der Waals surface area contributed by atoms with Gasteiger partial charge in [-0.05, 0) is 76.1 Å². The number of ether oxygens (including phenoxy) is 1. The van der Waals surface area contributed by atoms with Crippen LogP contribution in [0.15, 0.2) is 156 Å². The Hall–Kier alpha value is -5.00. The van der Waals surface area contributed by atoms with Gasteiger partial charge in [0, 0.05) is 5.70 Å². The van der Waals surface area contributed by atoms with Gasteiger partial charge in [0.2, 0.25) is 5.91 Å². The molecule has 1 N–H and O–H groups in total. The summed E-state index contributed by atoms with van der Waals surface area (Å²) in [6, 6.07) is 34.3. The largest absolute Gasteiger partial charge is 0.488 e. The van der Waals surface area contributed by atoms with Gasteiger partial charge in [0.15, 0.2) is 5.17 Å². The topological polar surface area (TPSA) is 88.1 Å². The molecule has 4 aromatic rings. The Balaban J connectivity index is 1.37. The van der Waals surface area contributed by atoms with Gasteiger partial charge < -0.3 is 10.1 Å². The Bertz CT molecular complexity index is 1900. The van der Waals surface area contributed by atoms with E-state index >= 15 is 0 Å². The van der Waals surface area contributed by atoms with E-state index < -0.39 is 11.8 Å². The fourth-order valence-electron chi connectivity index (χ4n) is 5.02. The molecule has 0 unspecified atom stereocenters. The zero-order valence-corrected chi connectivity index (χ0v) is 29.8. The number of carbonyl (C=O) groups excluding carboxylic acids is 3. The molecule has 246 valence electrons. The second-order valence-corrected chi connectivity index (χ2v) is 12.9. The third kappa shape index (κ3) is 9.33. The molecule has 0 aliphatic carbocycles. The van der Waals surface area contributed by atoms with Crippen molar-refractivity contribution in [3.05, 3.63) is 177 Å². The molecule has 1 aliphatic heterocycles. The molecule has 49 heavy (non-hydrogen) atoms. The molecule has 0 saturated carbocycles. The minimum absolute atomic E-state index is 0.0735. The Kier molecular flexibility index (Phi) is 12.5. The molecular weight excluding hydrogens is 745 g/mol. The molecule has 0 fully saturated rings. The molecule has 1 aliphatic rings. The van der Waals surface area contributed by atoms with Crippen LogP contribution < -0.4 is 10.1 Å². The first-order chi connectivity index (χ1) is 23.9. The van der Waals surface area contributed by atoms with E-state index in [0.717, 1.165) is 32.0 Å². The summed E-state index contributed by atoms with van der Waals surface area (Å²) in [6.07, 6.45) is 8.26. The van der Waals surface area contributed by atoms with Gasteiger partial charge in [-0.15, -0.1) is 0 Å². The summed E-state index contributed by atoms with van der Waals surface area (Å²) in [4.78, 5) is 46.5. The third-order valence-electron chi connectivity index (χ3n) is 7.42. The van der Waals surface area contributed by atoms with E-state index in [1.165, 1.54) is 11.0 Å². The summed E-state index contributed by atoms with van der Waals surface area (Å²) >= 11 is 3.20. The fourth-order valence-corrected chi connectivity index (χ4v) is 6.52. The first-order valence-corrected chi connectivity index (χ1v) is 17.6. The first-order valence-electron chi connectivity index (χ1n) is 15.5. The standard InChI is InChI=1S/C40H34IN3O4S/c1-3-5-21-32(4-2)44-39(47)33(24-29-22-23-35(34(41)25-29)48-26-28-15-9-6-10-16-28)38(46)43-40(44)49-27-36(45)42-37(30-17-11-7-12-18-30)31-19-13-8-14-20-31/h3-25,37H,1,26-27H2,2H3,(H,42,45)/b21-5-,32-4+,33-24+. The number of rotatable bonds is 12. The molecule has 0 radical (unpaired) electrons. The van der Waals surface area contributed by atoms with Gasteiger partial charge in [0.25, 0.3) is 11.8 Å². The summed E-state index contributed by atoms with van der Waals surface area (Å²) in [5, 5.41) is 3.22. The van der Waals surface area contributed by atoms with Gasteiger partial charge in [-0.3, -0.25) is 19.3 Å². The normalized spacial score (nSPS) is 14.3. The van der Waals surface area contributed by atoms with E-state index in [-0.39, 0.29) is 28.4 Å². The maximum atomic E-state index is 14.0. The van der Waals surface area contributed by atoms with Crippen LogP contribution in [0, 0.1) is 3.57 Å². The van der Waals surface area contributed by atoms with Gasteiger partial charge in [0.05, 0.1) is 15.4 Å². The number of benzene rings is 4. The van der Waals surface area contributed by atoms with Crippen molar-refractivity contribution in [1.29, 1.82) is 0 Å². The number of hydrogen-bond acceptors (Lipinski definition) is 5. The summed E-state index contributed by atoms with van der Waals surface area (Å²) in [7, 11) is 0. The molecule has 0 aromatic heterocycles. The highest BCUT2D eigenvalue weighted by molar-refractivity contribution is 14.1. The van der Waals surface area contributed by atoms with Crippen molar-refractivity contribution in [2.75, 3.05) is 5.75 Å². The van der Waals surface area contributed by atoms with Crippen molar-refractivity contribution in [2.24, 2.45) is 4.99 Å². The van der Waals surface area contributed by atoms with Crippen LogP contribution in [0.4, 0.5) is 0 Å². The van der Waals surface area contributed by atoms with Crippen molar-refractivity contribution in [3.8, 4) is 5.75 Å². The molecule has 3 amide bonds. The molecule has 0 atom stereocenters. The smallest absolute Gasteiger partial charge is 0.285 e. The second kappa shape index (κ2) is 17.4. The number of amides is 3. The van der Waals surface area contributed by atoms with Crippen molar-refractivity contribution in [2.45, 2.75) is 19.6 Å². The molecule has 0 bridgehead atoms. The average Bonchev–Trinajstić information content (AvgIpc) is 3.13. The highest BCUT2D eigenvalue weighted by Gasteiger charge is 2.35. The number of thioether (sulfide) groups is 1. The van der Waals surface area contributed by atoms with E-state index in [9.17, 15) is 14.4 Å². The number of nitrogens with one attached hydrogen (secondary N) is 1. The summed E-state index contributed by atoms with van der Waals surface area (Å²) in [6.45, 7) is 5.93. The number of amidine groups is 1. The Morgan fingerprint density at radius 3 is 2.18 bits per heavy atom. The van der Waals surface area contributed by atoms with Crippen LogP contribution in [0.3, 0.4) is 0 Å². The number of allylic oxidation sites excluding steroid dienone is 4. The zero-order chi connectivity index (χ0) is 34.6. The maximum Gasteiger partial charge on any atom is 0.285 e. The lowest BCUT2D eigenvalue weighted by Gasteiger charge is -2.28. The molecule has 5 rings (SSSR count). The minimum atomic E-state index is -0.682. The van der Waals surface area contributed by atoms with E-state index in [4.69, 9.17) is 4.74 Å². The molecule has 4 aromatic carbocycles. The first kappa shape index (κ1) is 35.3. The lowest BCUT2D eigenvalue weighted by molar-refractivity contribution is -0.126. The zero-order valence-electron chi connectivity index (χ0n) is 26.8. The van der Waals surface area contributed by atoms with Crippen LogP contribution in [-0.4, -0.2) is 33.5 Å². The van der Waals surface area contributed by atoms with Crippen molar-refractivity contribution in [1.82, 2.24) is 10.2 Å². The van der Waals surface area contributed by atoms with Crippen LogP contribution in [0.1, 0.15) is 35.2 Å². The molecular formula is C40H34IN3O4S. The summed E-state index contributed by atoms with van der Waals surface area (Å²) in [5.74, 6) is -0.888. The third-order valence-corrected chi connectivity index (χ3v) is 9.20. The van der Waals surface area contributed by atoms with Crippen LogP contribution in [0.5, 0.6) is 5.75 Å². The summed E-state index contributed by atoms with van der Waals surface area (Å²) < 4.78 is 6.82. The van der Waals surface area contributed by atoms with Crippen LogP contribution in [0.2, 0.25) is 0 Å². The van der Waals surface area contributed by atoms with Crippen molar-refractivity contribution < 1.29 is 19.1 Å². The number of halogens is 1. The van der Waals surface area contributed by atoms with E-state index in [2.05, 4.69) is 39.5 Å². The van der Waals surface area contributed by atoms with Crippen LogP contribution >= 0.6 is 34.4 Å². The van der Waals surface area contributed by atoms with Crippen molar-refractivity contribution >= 4 is 63.3 Å². The lowest BCUT2D eigenvalue weighted by atomic mass is 9.99. The second-order valence-electron chi connectivity index (χ2n) is 10.8. The summed E-state index contributed by atoms with van der Waals surface area (Å²) in [5.41, 5.74) is 3.95. The van der Waals surface area contributed by atoms with Gasteiger partial charge in [-0.25, -0.2) is 0 Å². The molecule has 1 heterocycles. The fraction of sp³-hybridized carbons (Fsp3) is 0.100. The number of aliphatic imine (C=N–C) groups is 1.